The predicted molar refractivity (Wildman–Crippen MR) is 113 cm³/mol. The quantitative estimate of drug-likeness (QED) is 0.778. The van der Waals surface area contributed by atoms with Crippen LogP contribution in [-0.4, -0.2) is 52.8 Å². The second-order valence-corrected chi connectivity index (χ2v) is 7.64. The third kappa shape index (κ3) is 5.13. The number of hydrogen-bond acceptors (Lipinski definition) is 4. The van der Waals surface area contributed by atoms with Gasteiger partial charge >= 0.3 is 0 Å². The summed E-state index contributed by atoms with van der Waals surface area (Å²) >= 11 is 0. The molecule has 0 bridgehead atoms. The molecule has 2 atom stereocenters. The number of aromatic nitrogens is 2. The van der Waals surface area contributed by atoms with Gasteiger partial charge in [0.2, 0.25) is 0 Å². The highest BCUT2D eigenvalue weighted by Gasteiger charge is 2.25. The molecule has 152 valence electrons. The van der Waals surface area contributed by atoms with Gasteiger partial charge in [0.1, 0.15) is 5.69 Å². The van der Waals surface area contributed by atoms with E-state index in [1.165, 1.54) is 12.0 Å². The van der Waals surface area contributed by atoms with Crippen molar-refractivity contribution in [3.05, 3.63) is 53.9 Å². The number of piperidine rings is 1. The third-order valence-electron chi connectivity index (χ3n) is 5.71. The molecule has 2 N–H and O–H groups in total. The van der Waals surface area contributed by atoms with E-state index in [1.807, 2.05) is 23.0 Å². The molecule has 1 amide bonds. The number of hydrogen-bond donors (Lipinski definition) is 2. The summed E-state index contributed by atoms with van der Waals surface area (Å²) in [6, 6.07) is 13.1. The lowest BCUT2D eigenvalue weighted by atomic mass is 10.1. The Kier molecular flexibility index (Phi) is 7.48. The van der Waals surface area contributed by atoms with E-state index >= 15 is 0 Å². The summed E-state index contributed by atoms with van der Waals surface area (Å²) in [7, 11) is 0. The minimum Gasteiger partial charge on any atom is -0.349 e. The molecule has 2 aliphatic rings. The Morgan fingerprint density at radius 1 is 1.18 bits per heavy atom. The second-order valence-electron chi connectivity index (χ2n) is 7.64. The maximum absolute atomic E-state index is 12.5. The standard InChI is InChI=1S/C21H29N5O.ClH/c27-21(20-10-13-26(24-20)19-8-4-11-22-14-19)23-15-18-9-5-12-25(18)16-17-6-2-1-3-7-17;/h1-3,6-7,10,13,18-19,22H,4-5,8-9,11-12,14-16H2,(H,23,27);1H. The van der Waals surface area contributed by atoms with Crippen LogP contribution in [0.15, 0.2) is 42.6 Å². The smallest absolute Gasteiger partial charge is 0.271 e. The molecule has 7 heteroatoms. The number of halogens is 1. The van der Waals surface area contributed by atoms with Crippen LogP contribution in [0, 0.1) is 0 Å². The lowest BCUT2D eigenvalue weighted by Gasteiger charge is -2.24. The minimum atomic E-state index is -0.0657. The number of nitrogens with zero attached hydrogens (tertiary/aromatic N) is 3. The Hall–Kier alpha value is -1.89. The van der Waals surface area contributed by atoms with Gasteiger partial charge in [-0.05, 0) is 50.4 Å². The van der Waals surface area contributed by atoms with Crippen molar-refractivity contribution in [2.75, 3.05) is 26.2 Å². The molecule has 1 aromatic heterocycles. The molecule has 0 radical (unpaired) electrons. The third-order valence-corrected chi connectivity index (χ3v) is 5.71. The Labute approximate surface area is 173 Å². The maximum atomic E-state index is 12.5. The average molecular weight is 404 g/mol. The molecule has 2 fully saturated rings. The zero-order valence-corrected chi connectivity index (χ0v) is 17.0. The molecule has 28 heavy (non-hydrogen) atoms. The first-order valence-electron chi connectivity index (χ1n) is 10.1. The van der Waals surface area contributed by atoms with Crippen LogP contribution in [0.2, 0.25) is 0 Å². The van der Waals surface area contributed by atoms with Crippen LogP contribution in [0.1, 0.15) is 47.8 Å². The van der Waals surface area contributed by atoms with E-state index in [2.05, 4.69) is 44.9 Å². The van der Waals surface area contributed by atoms with E-state index in [0.717, 1.165) is 45.4 Å². The fourth-order valence-corrected chi connectivity index (χ4v) is 4.18. The van der Waals surface area contributed by atoms with E-state index in [0.29, 0.717) is 24.3 Å². The summed E-state index contributed by atoms with van der Waals surface area (Å²) in [4.78, 5) is 15.0. The number of benzene rings is 1. The van der Waals surface area contributed by atoms with Gasteiger partial charge in [0.25, 0.3) is 5.91 Å². The topological polar surface area (TPSA) is 62.2 Å². The molecule has 0 spiro atoms. The molecule has 2 saturated heterocycles. The van der Waals surface area contributed by atoms with Gasteiger partial charge in [0, 0.05) is 31.9 Å². The molecule has 1 aromatic carbocycles. The normalized spacial score (nSPS) is 22.6. The maximum Gasteiger partial charge on any atom is 0.271 e. The van der Waals surface area contributed by atoms with Gasteiger partial charge in [-0.25, -0.2) is 0 Å². The van der Waals surface area contributed by atoms with Crippen LogP contribution in [0.25, 0.3) is 0 Å². The zero-order valence-electron chi connectivity index (χ0n) is 16.2. The predicted octanol–water partition coefficient (Wildman–Crippen LogP) is 2.62. The van der Waals surface area contributed by atoms with Crippen LogP contribution in [0.5, 0.6) is 0 Å². The van der Waals surface area contributed by atoms with E-state index in [1.54, 1.807) is 0 Å². The highest BCUT2D eigenvalue weighted by Crippen LogP contribution is 2.20. The van der Waals surface area contributed by atoms with Gasteiger partial charge in [-0.15, -0.1) is 12.4 Å². The van der Waals surface area contributed by atoms with Crippen LogP contribution < -0.4 is 10.6 Å². The highest BCUT2D eigenvalue weighted by atomic mass is 35.5. The molecular formula is C21H30ClN5O. The average Bonchev–Trinajstić information content (AvgIpc) is 3.37. The van der Waals surface area contributed by atoms with E-state index in [-0.39, 0.29) is 18.3 Å². The number of amides is 1. The number of carbonyl (C=O) groups excluding carboxylic acids is 1. The van der Waals surface area contributed by atoms with E-state index in [9.17, 15) is 4.79 Å². The van der Waals surface area contributed by atoms with Crippen molar-refractivity contribution in [1.82, 2.24) is 25.3 Å². The van der Waals surface area contributed by atoms with Crippen molar-refractivity contribution >= 4 is 18.3 Å². The minimum absolute atomic E-state index is 0. The van der Waals surface area contributed by atoms with Crippen molar-refractivity contribution in [1.29, 1.82) is 0 Å². The summed E-state index contributed by atoms with van der Waals surface area (Å²) in [6.45, 7) is 4.73. The van der Waals surface area contributed by atoms with Crippen molar-refractivity contribution in [2.45, 2.75) is 44.3 Å². The first-order valence-corrected chi connectivity index (χ1v) is 10.1. The Bertz CT molecular complexity index is 744. The van der Waals surface area contributed by atoms with Crippen molar-refractivity contribution in [3.8, 4) is 0 Å². The summed E-state index contributed by atoms with van der Waals surface area (Å²) in [5, 5.41) is 11.0. The Morgan fingerprint density at radius 3 is 2.82 bits per heavy atom. The van der Waals surface area contributed by atoms with Crippen molar-refractivity contribution in [2.24, 2.45) is 0 Å². The molecule has 2 unspecified atom stereocenters. The molecule has 3 heterocycles. The van der Waals surface area contributed by atoms with Crippen LogP contribution >= 0.6 is 12.4 Å². The SMILES string of the molecule is Cl.O=C(NCC1CCCN1Cc1ccccc1)c1ccn(C2CCCNC2)n1. The number of nitrogens with one attached hydrogen (secondary N) is 2. The molecule has 2 aliphatic heterocycles. The van der Waals surface area contributed by atoms with Crippen molar-refractivity contribution < 1.29 is 4.79 Å². The van der Waals surface area contributed by atoms with Gasteiger partial charge in [0.05, 0.1) is 6.04 Å². The second kappa shape index (κ2) is 10.0. The molecule has 4 rings (SSSR count). The van der Waals surface area contributed by atoms with Gasteiger partial charge in [-0.1, -0.05) is 30.3 Å². The lowest BCUT2D eigenvalue weighted by molar-refractivity contribution is 0.0933. The Morgan fingerprint density at radius 2 is 2.04 bits per heavy atom. The Balaban J connectivity index is 0.00000225. The summed E-state index contributed by atoms with van der Waals surface area (Å²) in [5.74, 6) is -0.0657. The van der Waals surface area contributed by atoms with E-state index < -0.39 is 0 Å². The molecular weight excluding hydrogens is 374 g/mol. The fourth-order valence-electron chi connectivity index (χ4n) is 4.18. The van der Waals surface area contributed by atoms with Crippen LogP contribution in [0.4, 0.5) is 0 Å². The molecule has 2 aromatic rings. The van der Waals surface area contributed by atoms with Crippen LogP contribution in [-0.2, 0) is 6.54 Å². The van der Waals surface area contributed by atoms with Gasteiger partial charge in [-0.2, -0.15) is 5.10 Å². The molecule has 0 aliphatic carbocycles. The highest BCUT2D eigenvalue weighted by molar-refractivity contribution is 5.92. The summed E-state index contributed by atoms with van der Waals surface area (Å²) in [6.07, 6.45) is 6.53. The van der Waals surface area contributed by atoms with E-state index in [4.69, 9.17) is 0 Å². The van der Waals surface area contributed by atoms with Gasteiger partial charge in [0.15, 0.2) is 0 Å². The monoisotopic (exact) mass is 403 g/mol. The van der Waals surface area contributed by atoms with Gasteiger partial charge < -0.3 is 10.6 Å². The van der Waals surface area contributed by atoms with Gasteiger partial charge in [-0.3, -0.25) is 14.4 Å². The molecule has 0 saturated carbocycles. The lowest BCUT2D eigenvalue weighted by Crippen LogP contribution is -2.40. The summed E-state index contributed by atoms with van der Waals surface area (Å²) in [5.41, 5.74) is 1.85. The number of carbonyl (C=O) groups is 1. The van der Waals surface area contributed by atoms with Crippen LogP contribution in [0.3, 0.4) is 0 Å². The van der Waals surface area contributed by atoms with Crippen molar-refractivity contribution in [3.63, 3.8) is 0 Å². The largest absolute Gasteiger partial charge is 0.349 e. The fraction of sp³-hybridized carbons (Fsp3) is 0.524. The first kappa shape index (κ1) is 20.8. The number of rotatable bonds is 6. The zero-order chi connectivity index (χ0) is 18.5. The number of likely N-dealkylation sites (tertiary alicyclic amines) is 1. The molecule has 6 nitrogen and oxygen atoms in total. The first-order chi connectivity index (χ1) is 13.3. The summed E-state index contributed by atoms with van der Waals surface area (Å²) < 4.78 is 1.94.